The molecule has 0 fully saturated rings. The molecule has 2 aromatic carbocycles. The summed E-state index contributed by atoms with van der Waals surface area (Å²) in [6.45, 7) is 0.0779. The van der Waals surface area contributed by atoms with Crippen molar-refractivity contribution in [3.8, 4) is 17.2 Å². The molecule has 6 nitrogen and oxygen atoms in total. The van der Waals surface area contributed by atoms with E-state index in [0.717, 1.165) is 6.07 Å². The number of hydrogen-bond donors (Lipinski definition) is 2. The lowest BCUT2D eigenvalue weighted by Gasteiger charge is -2.15. The van der Waals surface area contributed by atoms with Gasteiger partial charge in [-0.25, -0.2) is 4.79 Å². The normalized spacial score (nSPS) is 10.8. The fraction of sp³-hybridized carbons (Fsp3) is 0.235. The molecule has 0 spiro atoms. The molecule has 26 heavy (non-hydrogen) atoms. The lowest BCUT2D eigenvalue weighted by molar-refractivity contribution is -0.274. The second-order valence-corrected chi connectivity index (χ2v) is 5.00. The van der Waals surface area contributed by atoms with Gasteiger partial charge in [0.2, 0.25) is 0 Å². The number of amides is 2. The van der Waals surface area contributed by atoms with Crippen molar-refractivity contribution in [3.63, 3.8) is 0 Å². The van der Waals surface area contributed by atoms with Crippen molar-refractivity contribution < 1.29 is 32.2 Å². The molecular weight excluding hydrogens is 353 g/mol. The third-order valence-corrected chi connectivity index (χ3v) is 3.28. The molecule has 2 rings (SSSR count). The lowest BCUT2D eigenvalue weighted by Crippen LogP contribution is -2.29. The van der Waals surface area contributed by atoms with E-state index in [0.29, 0.717) is 17.1 Å². The molecule has 0 heterocycles. The lowest BCUT2D eigenvalue weighted by atomic mass is 10.2. The molecule has 0 aliphatic heterocycles. The molecule has 0 aliphatic rings. The molecule has 0 atom stereocenters. The maximum Gasteiger partial charge on any atom is 0.573 e. The summed E-state index contributed by atoms with van der Waals surface area (Å²) in [5, 5.41) is 4.86. The van der Waals surface area contributed by atoms with Crippen LogP contribution < -0.4 is 24.8 Å². The predicted molar refractivity (Wildman–Crippen MR) is 88.5 cm³/mol. The molecule has 2 amide bonds. The highest BCUT2D eigenvalue weighted by atomic mass is 19.4. The second-order valence-electron chi connectivity index (χ2n) is 5.00. The van der Waals surface area contributed by atoms with E-state index < -0.39 is 18.1 Å². The van der Waals surface area contributed by atoms with Crippen LogP contribution in [0.5, 0.6) is 17.2 Å². The summed E-state index contributed by atoms with van der Waals surface area (Å²) in [6.07, 6.45) is -4.86. The Morgan fingerprint density at radius 3 is 2.35 bits per heavy atom. The van der Waals surface area contributed by atoms with E-state index in [2.05, 4.69) is 15.4 Å². The molecular formula is C17H17F3N2O4. The SMILES string of the molecule is COc1cccc(CNC(=O)Nc2ccccc2OC(F)(F)F)c1OC. The molecule has 2 N–H and O–H groups in total. The van der Waals surface area contributed by atoms with E-state index in [-0.39, 0.29) is 12.2 Å². The van der Waals surface area contributed by atoms with Gasteiger partial charge in [0.15, 0.2) is 17.2 Å². The highest BCUT2D eigenvalue weighted by Crippen LogP contribution is 2.31. The minimum atomic E-state index is -4.86. The number of benzene rings is 2. The van der Waals surface area contributed by atoms with Gasteiger partial charge in [0.25, 0.3) is 0 Å². The Morgan fingerprint density at radius 1 is 1.00 bits per heavy atom. The number of rotatable bonds is 6. The van der Waals surface area contributed by atoms with E-state index in [4.69, 9.17) is 9.47 Å². The Labute approximate surface area is 147 Å². The van der Waals surface area contributed by atoms with Gasteiger partial charge >= 0.3 is 12.4 Å². The van der Waals surface area contributed by atoms with Crippen LogP contribution >= 0.6 is 0 Å². The first-order valence-corrected chi connectivity index (χ1v) is 7.43. The van der Waals surface area contributed by atoms with Crippen LogP contribution in [0.4, 0.5) is 23.7 Å². The largest absolute Gasteiger partial charge is 0.573 e. The van der Waals surface area contributed by atoms with E-state index >= 15 is 0 Å². The summed E-state index contributed by atoms with van der Waals surface area (Å²) < 4.78 is 51.5. The van der Waals surface area contributed by atoms with Crippen LogP contribution in [-0.4, -0.2) is 26.6 Å². The first kappa shape index (κ1) is 19.2. The summed E-state index contributed by atoms with van der Waals surface area (Å²) in [5.41, 5.74) is 0.529. The van der Waals surface area contributed by atoms with Crippen LogP contribution in [-0.2, 0) is 6.54 Å². The smallest absolute Gasteiger partial charge is 0.493 e. The molecule has 0 aliphatic carbocycles. The third-order valence-electron chi connectivity index (χ3n) is 3.28. The number of urea groups is 1. The van der Waals surface area contributed by atoms with Gasteiger partial charge in [0.1, 0.15) is 0 Å². The standard InChI is InChI=1S/C17H17F3N2O4/c1-24-14-9-5-6-11(15(14)25-2)10-21-16(23)22-12-7-3-4-8-13(12)26-17(18,19)20/h3-9H,10H2,1-2H3,(H2,21,22,23). The van der Waals surface area contributed by atoms with Crippen LogP contribution in [0, 0.1) is 0 Å². The van der Waals surface area contributed by atoms with Crippen molar-refractivity contribution in [2.75, 3.05) is 19.5 Å². The minimum absolute atomic E-state index is 0.0779. The second kappa shape index (κ2) is 8.32. The Balaban J connectivity index is 2.05. The van der Waals surface area contributed by atoms with Gasteiger partial charge in [-0.05, 0) is 18.2 Å². The number of halogens is 3. The molecule has 0 aromatic heterocycles. The minimum Gasteiger partial charge on any atom is -0.493 e. The maximum atomic E-state index is 12.4. The molecule has 0 saturated carbocycles. The van der Waals surface area contributed by atoms with Crippen LogP contribution in [0.1, 0.15) is 5.56 Å². The maximum absolute atomic E-state index is 12.4. The Hall–Kier alpha value is -3.10. The van der Waals surface area contributed by atoms with Gasteiger partial charge < -0.3 is 24.8 Å². The van der Waals surface area contributed by atoms with Gasteiger partial charge in [0.05, 0.1) is 19.9 Å². The van der Waals surface area contributed by atoms with Crippen LogP contribution in [0.15, 0.2) is 42.5 Å². The molecule has 140 valence electrons. The van der Waals surface area contributed by atoms with E-state index in [9.17, 15) is 18.0 Å². The van der Waals surface area contributed by atoms with Crippen LogP contribution in [0.3, 0.4) is 0 Å². The first-order chi connectivity index (χ1) is 12.3. The monoisotopic (exact) mass is 370 g/mol. The van der Waals surface area contributed by atoms with Crippen molar-refractivity contribution in [1.82, 2.24) is 5.32 Å². The molecule has 0 unspecified atom stereocenters. The zero-order valence-corrected chi connectivity index (χ0v) is 14.0. The fourth-order valence-corrected chi connectivity index (χ4v) is 2.22. The number of carbonyl (C=O) groups excluding carboxylic acids is 1. The van der Waals surface area contributed by atoms with Gasteiger partial charge in [-0.15, -0.1) is 13.2 Å². The van der Waals surface area contributed by atoms with Crippen LogP contribution in [0.25, 0.3) is 0 Å². The van der Waals surface area contributed by atoms with Gasteiger partial charge in [-0.1, -0.05) is 24.3 Å². The average Bonchev–Trinajstić information content (AvgIpc) is 2.60. The summed E-state index contributed by atoms with van der Waals surface area (Å²) in [7, 11) is 2.95. The average molecular weight is 370 g/mol. The topological polar surface area (TPSA) is 68.8 Å². The first-order valence-electron chi connectivity index (χ1n) is 7.43. The summed E-state index contributed by atoms with van der Waals surface area (Å²) in [5.74, 6) is 0.446. The zero-order chi connectivity index (χ0) is 19.2. The molecule has 9 heteroatoms. The van der Waals surface area contributed by atoms with Crippen LogP contribution in [0.2, 0.25) is 0 Å². The highest BCUT2D eigenvalue weighted by molar-refractivity contribution is 5.90. The summed E-state index contributed by atoms with van der Waals surface area (Å²) >= 11 is 0. The number of alkyl halides is 3. The quantitative estimate of drug-likeness (QED) is 0.809. The van der Waals surface area contributed by atoms with E-state index in [1.54, 1.807) is 18.2 Å². The summed E-state index contributed by atoms with van der Waals surface area (Å²) in [4.78, 5) is 12.0. The highest BCUT2D eigenvalue weighted by Gasteiger charge is 2.32. The van der Waals surface area contributed by atoms with Crippen molar-refractivity contribution in [1.29, 1.82) is 0 Å². The number of ether oxygens (including phenoxy) is 3. The number of methoxy groups -OCH3 is 2. The van der Waals surface area contributed by atoms with Gasteiger partial charge in [-0.3, -0.25) is 0 Å². The molecule has 2 aromatic rings. The van der Waals surface area contributed by atoms with Crippen molar-refractivity contribution in [3.05, 3.63) is 48.0 Å². The fourth-order valence-electron chi connectivity index (χ4n) is 2.22. The van der Waals surface area contributed by atoms with Gasteiger partial charge in [0, 0.05) is 12.1 Å². The van der Waals surface area contributed by atoms with Crippen molar-refractivity contribution in [2.45, 2.75) is 12.9 Å². The number of carbonyl (C=O) groups is 1. The molecule has 0 radical (unpaired) electrons. The Kier molecular flexibility index (Phi) is 6.16. The van der Waals surface area contributed by atoms with Crippen molar-refractivity contribution in [2.24, 2.45) is 0 Å². The predicted octanol–water partition coefficient (Wildman–Crippen LogP) is 3.92. The molecule has 0 bridgehead atoms. The zero-order valence-electron chi connectivity index (χ0n) is 14.0. The number of hydrogen-bond acceptors (Lipinski definition) is 4. The Morgan fingerprint density at radius 2 is 1.69 bits per heavy atom. The van der Waals surface area contributed by atoms with Gasteiger partial charge in [-0.2, -0.15) is 0 Å². The third kappa shape index (κ3) is 5.20. The number of nitrogens with one attached hydrogen (secondary N) is 2. The summed E-state index contributed by atoms with van der Waals surface area (Å²) in [6, 6.07) is 9.70. The van der Waals surface area contributed by atoms with Crippen molar-refractivity contribution >= 4 is 11.7 Å². The number of anilines is 1. The Bertz CT molecular complexity index is 766. The van der Waals surface area contributed by atoms with E-state index in [1.165, 1.54) is 32.4 Å². The molecule has 0 saturated heterocycles. The number of para-hydroxylation sites is 3. The van der Waals surface area contributed by atoms with E-state index in [1.807, 2.05) is 0 Å².